The van der Waals surface area contributed by atoms with Crippen LogP contribution in [0.3, 0.4) is 0 Å². The lowest BCUT2D eigenvalue weighted by atomic mass is 10.1. The van der Waals surface area contributed by atoms with Gasteiger partial charge in [-0.3, -0.25) is 0 Å². The average molecular weight is 340 g/mol. The molecule has 0 radical (unpaired) electrons. The predicted octanol–water partition coefficient (Wildman–Crippen LogP) is 2.26. The standard InChI is InChI=1S/C16H28N4O2S/c1-5-20(14-7-9-23(21,22)11-14)15-10-13(4)18-16(19-15)17-8-6-12(2)3/h10,12,14H,5-9,11H2,1-4H3,(H,17,18,19). The lowest BCUT2D eigenvalue weighted by molar-refractivity contribution is 0.599. The van der Waals surface area contributed by atoms with Gasteiger partial charge in [-0.15, -0.1) is 0 Å². The number of nitrogens with one attached hydrogen (secondary N) is 1. The van der Waals surface area contributed by atoms with Gasteiger partial charge in [-0.1, -0.05) is 13.8 Å². The highest BCUT2D eigenvalue weighted by Gasteiger charge is 2.32. The third-order valence-electron chi connectivity index (χ3n) is 4.13. The van der Waals surface area contributed by atoms with Crippen LogP contribution in [-0.2, 0) is 9.84 Å². The Balaban J connectivity index is 2.15. The molecular weight excluding hydrogens is 312 g/mol. The molecule has 0 aliphatic carbocycles. The summed E-state index contributed by atoms with van der Waals surface area (Å²) in [6.07, 6.45) is 1.74. The van der Waals surface area contributed by atoms with Gasteiger partial charge >= 0.3 is 0 Å². The highest BCUT2D eigenvalue weighted by Crippen LogP contribution is 2.24. The van der Waals surface area contributed by atoms with Gasteiger partial charge in [0.05, 0.1) is 11.5 Å². The minimum absolute atomic E-state index is 0.0165. The van der Waals surface area contributed by atoms with Gasteiger partial charge in [-0.05, 0) is 32.6 Å². The van der Waals surface area contributed by atoms with Crippen LogP contribution in [0, 0.1) is 12.8 Å². The average Bonchev–Trinajstić information content (AvgIpc) is 2.79. The number of anilines is 2. The lowest BCUT2D eigenvalue weighted by Crippen LogP contribution is -2.37. The van der Waals surface area contributed by atoms with Crippen LogP contribution in [0.4, 0.5) is 11.8 Å². The van der Waals surface area contributed by atoms with E-state index in [-0.39, 0.29) is 17.5 Å². The maximum absolute atomic E-state index is 11.8. The SMILES string of the molecule is CCN(c1cc(C)nc(NCCC(C)C)n1)C1CCS(=O)(=O)C1. The van der Waals surface area contributed by atoms with Gasteiger partial charge in [0.2, 0.25) is 5.95 Å². The molecule has 0 saturated carbocycles. The molecule has 2 heterocycles. The zero-order valence-corrected chi connectivity index (χ0v) is 15.4. The quantitative estimate of drug-likeness (QED) is 0.820. The van der Waals surface area contributed by atoms with Crippen molar-refractivity contribution in [2.45, 2.75) is 46.6 Å². The number of hydrogen-bond acceptors (Lipinski definition) is 6. The van der Waals surface area contributed by atoms with Gasteiger partial charge in [-0.25, -0.2) is 13.4 Å². The van der Waals surface area contributed by atoms with Crippen LogP contribution in [0.2, 0.25) is 0 Å². The molecule has 1 aromatic rings. The van der Waals surface area contributed by atoms with Gasteiger partial charge in [0.15, 0.2) is 9.84 Å². The first-order valence-corrected chi connectivity index (χ1v) is 10.2. The Hall–Kier alpha value is -1.37. The normalized spacial score (nSPS) is 20.0. The molecule has 6 nitrogen and oxygen atoms in total. The van der Waals surface area contributed by atoms with E-state index in [2.05, 4.69) is 34.0 Å². The summed E-state index contributed by atoms with van der Waals surface area (Å²) in [5.41, 5.74) is 0.890. The van der Waals surface area contributed by atoms with Gasteiger partial charge in [0.1, 0.15) is 5.82 Å². The molecule has 0 bridgehead atoms. The van der Waals surface area contributed by atoms with Crippen molar-refractivity contribution in [3.63, 3.8) is 0 Å². The highest BCUT2D eigenvalue weighted by molar-refractivity contribution is 7.91. The van der Waals surface area contributed by atoms with Crippen LogP contribution in [0.5, 0.6) is 0 Å². The molecule has 0 aromatic carbocycles. The van der Waals surface area contributed by atoms with Crippen molar-refractivity contribution in [2.24, 2.45) is 5.92 Å². The van der Waals surface area contributed by atoms with Crippen molar-refractivity contribution in [2.75, 3.05) is 34.8 Å². The van der Waals surface area contributed by atoms with Crippen LogP contribution in [-0.4, -0.2) is 49.0 Å². The lowest BCUT2D eigenvalue weighted by Gasteiger charge is -2.28. The van der Waals surface area contributed by atoms with E-state index < -0.39 is 9.84 Å². The molecule has 1 atom stereocenters. The molecule has 1 N–H and O–H groups in total. The second kappa shape index (κ2) is 7.47. The molecule has 7 heteroatoms. The molecular formula is C16H28N4O2S. The van der Waals surface area contributed by atoms with Crippen molar-refractivity contribution in [3.05, 3.63) is 11.8 Å². The Kier molecular flexibility index (Phi) is 5.84. The largest absolute Gasteiger partial charge is 0.354 e. The van der Waals surface area contributed by atoms with Crippen LogP contribution in [0.1, 0.15) is 39.3 Å². The van der Waals surface area contributed by atoms with E-state index in [1.165, 1.54) is 0 Å². The monoisotopic (exact) mass is 340 g/mol. The third kappa shape index (κ3) is 5.06. The summed E-state index contributed by atoms with van der Waals surface area (Å²) < 4.78 is 23.5. The van der Waals surface area contributed by atoms with Crippen LogP contribution < -0.4 is 10.2 Å². The first kappa shape index (κ1) is 18.0. The summed E-state index contributed by atoms with van der Waals surface area (Å²) in [6, 6.07) is 1.95. The summed E-state index contributed by atoms with van der Waals surface area (Å²) in [7, 11) is -2.90. The van der Waals surface area contributed by atoms with E-state index in [9.17, 15) is 8.42 Å². The molecule has 1 unspecified atom stereocenters. The maximum atomic E-state index is 11.8. The van der Waals surface area contributed by atoms with E-state index in [0.29, 0.717) is 18.3 Å². The summed E-state index contributed by atoms with van der Waals surface area (Å²) in [5, 5.41) is 3.28. The van der Waals surface area contributed by atoms with Crippen LogP contribution in [0.25, 0.3) is 0 Å². The molecule has 1 fully saturated rings. The number of sulfone groups is 1. The molecule has 0 spiro atoms. The van der Waals surface area contributed by atoms with Crippen molar-refractivity contribution in [1.82, 2.24) is 9.97 Å². The maximum Gasteiger partial charge on any atom is 0.224 e. The van der Waals surface area contributed by atoms with Crippen LogP contribution >= 0.6 is 0 Å². The molecule has 1 saturated heterocycles. The molecule has 1 aliphatic heterocycles. The number of aryl methyl sites for hydroxylation is 1. The number of nitrogens with zero attached hydrogens (tertiary/aromatic N) is 3. The minimum atomic E-state index is -2.90. The number of aromatic nitrogens is 2. The minimum Gasteiger partial charge on any atom is -0.354 e. The second-order valence-electron chi connectivity index (χ2n) is 6.64. The van der Waals surface area contributed by atoms with Crippen LogP contribution in [0.15, 0.2) is 6.07 Å². The zero-order chi connectivity index (χ0) is 17.0. The van der Waals surface area contributed by atoms with Gasteiger partial charge in [-0.2, -0.15) is 4.98 Å². The summed E-state index contributed by atoms with van der Waals surface area (Å²) in [4.78, 5) is 11.1. The van der Waals surface area contributed by atoms with E-state index in [1.54, 1.807) is 0 Å². The van der Waals surface area contributed by atoms with Gasteiger partial charge in [0, 0.05) is 30.9 Å². The van der Waals surface area contributed by atoms with E-state index in [0.717, 1.165) is 31.0 Å². The molecule has 130 valence electrons. The summed E-state index contributed by atoms with van der Waals surface area (Å²) >= 11 is 0. The Morgan fingerprint density at radius 1 is 1.39 bits per heavy atom. The molecule has 0 amide bonds. The Bertz CT molecular complexity index is 631. The zero-order valence-electron chi connectivity index (χ0n) is 14.5. The third-order valence-corrected chi connectivity index (χ3v) is 5.88. The van der Waals surface area contributed by atoms with Gasteiger partial charge in [0.25, 0.3) is 0 Å². The smallest absolute Gasteiger partial charge is 0.224 e. The van der Waals surface area contributed by atoms with Crippen molar-refractivity contribution < 1.29 is 8.42 Å². The predicted molar refractivity (Wildman–Crippen MR) is 94.8 cm³/mol. The van der Waals surface area contributed by atoms with Crippen molar-refractivity contribution >= 4 is 21.6 Å². The second-order valence-corrected chi connectivity index (χ2v) is 8.87. The van der Waals surface area contributed by atoms with E-state index >= 15 is 0 Å². The fourth-order valence-electron chi connectivity index (χ4n) is 2.88. The summed E-state index contributed by atoms with van der Waals surface area (Å²) in [6.45, 7) is 9.92. The number of hydrogen-bond donors (Lipinski definition) is 1. The molecule has 23 heavy (non-hydrogen) atoms. The van der Waals surface area contributed by atoms with Gasteiger partial charge < -0.3 is 10.2 Å². The molecule has 1 aliphatic rings. The first-order chi connectivity index (χ1) is 10.8. The topological polar surface area (TPSA) is 75.2 Å². The van der Waals surface area contributed by atoms with Crippen molar-refractivity contribution in [1.29, 1.82) is 0 Å². The molecule has 2 rings (SSSR count). The van der Waals surface area contributed by atoms with E-state index in [4.69, 9.17) is 0 Å². The van der Waals surface area contributed by atoms with E-state index in [1.807, 2.05) is 19.9 Å². The van der Waals surface area contributed by atoms with Crippen molar-refractivity contribution in [3.8, 4) is 0 Å². The fourth-order valence-corrected chi connectivity index (χ4v) is 4.61. The molecule has 1 aromatic heterocycles. The first-order valence-electron chi connectivity index (χ1n) is 8.37. The Labute approximate surface area is 139 Å². The Morgan fingerprint density at radius 2 is 2.13 bits per heavy atom. The highest BCUT2D eigenvalue weighted by atomic mass is 32.2. The Morgan fingerprint density at radius 3 is 2.70 bits per heavy atom. The summed E-state index contributed by atoms with van der Waals surface area (Å²) in [5.74, 6) is 2.56. The fraction of sp³-hybridized carbons (Fsp3) is 0.750. The number of rotatable bonds is 7.